The lowest BCUT2D eigenvalue weighted by molar-refractivity contribution is -0.132. The second kappa shape index (κ2) is 9.47. The van der Waals surface area contributed by atoms with Crippen LogP contribution in [0.15, 0.2) is 47.6 Å². The predicted octanol–water partition coefficient (Wildman–Crippen LogP) is 3.29. The number of likely N-dealkylation sites (tertiary alicyclic amines) is 1. The number of carbonyl (C=O) groups excluding carboxylic acids is 1. The van der Waals surface area contributed by atoms with Crippen LogP contribution >= 0.6 is 11.8 Å². The van der Waals surface area contributed by atoms with Crippen molar-refractivity contribution in [2.24, 2.45) is 0 Å². The number of aryl methyl sites for hydroxylation is 1. The van der Waals surface area contributed by atoms with Gasteiger partial charge in [0.1, 0.15) is 12.3 Å². The second-order valence-electron chi connectivity index (χ2n) is 8.06. The van der Waals surface area contributed by atoms with Gasteiger partial charge in [-0.1, -0.05) is 30.0 Å². The summed E-state index contributed by atoms with van der Waals surface area (Å²) in [5, 5.41) is 25.8. The third kappa shape index (κ3) is 5.33. The number of fused-ring (bicyclic) bond motifs is 1. The van der Waals surface area contributed by atoms with Crippen molar-refractivity contribution in [3.63, 3.8) is 0 Å². The van der Waals surface area contributed by atoms with E-state index in [1.54, 1.807) is 30.1 Å². The fourth-order valence-electron chi connectivity index (χ4n) is 3.85. The molecule has 7 nitrogen and oxygen atoms in total. The van der Waals surface area contributed by atoms with Crippen molar-refractivity contribution in [2.45, 2.75) is 41.8 Å². The summed E-state index contributed by atoms with van der Waals surface area (Å²) in [6.45, 7) is 0.862. The minimum atomic E-state index is -3.08. The molecule has 1 saturated heterocycles. The molecule has 1 aromatic heterocycles. The third-order valence-electron chi connectivity index (χ3n) is 5.50. The first-order valence-electron chi connectivity index (χ1n) is 10.4. The van der Waals surface area contributed by atoms with Crippen LogP contribution in [-0.2, 0) is 4.79 Å². The summed E-state index contributed by atoms with van der Waals surface area (Å²) in [5.74, 6) is -3.74. The lowest BCUT2D eigenvalue weighted by atomic mass is 10.1. The Labute approximate surface area is 194 Å². The van der Waals surface area contributed by atoms with Crippen molar-refractivity contribution in [2.75, 3.05) is 18.4 Å². The Hall–Kier alpha value is -3.00. The number of benzene rings is 1. The summed E-state index contributed by atoms with van der Waals surface area (Å²) in [6, 6.07) is 8.41. The van der Waals surface area contributed by atoms with Crippen molar-refractivity contribution in [3.8, 4) is 6.07 Å². The van der Waals surface area contributed by atoms with Crippen molar-refractivity contribution in [1.29, 1.82) is 5.26 Å². The number of aromatic nitrogens is 1. The number of aliphatic hydroxyl groups is 1. The molecule has 2 aromatic rings. The lowest BCUT2D eigenvalue weighted by Gasteiger charge is -2.21. The Morgan fingerprint density at radius 2 is 2.33 bits per heavy atom. The average Bonchev–Trinajstić information content (AvgIpc) is 3.34. The van der Waals surface area contributed by atoms with Crippen LogP contribution in [0.25, 0.3) is 6.08 Å². The standard InChI is InChI=1S/C23H23F2N5O2S/c1-14-2-4-19-18(8-14)29-20(33-19)5-3-15-11-27-7-6-17(15)22(32)28-12-21(31)30-13-23(24,25)9-16(30)10-26/h2-8,11,16,20,22,28-29,32H,9,12-13H2,1H3/b5-3+/t16-,20?,22?/m0/s1. The molecule has 4 rings (SSSR count). The fraction of sp³-hybridized carbons (Fsp3) is 0.348. The van der Waals surface area contributed by atoms with Gasteiger partial charge in [0.15, 0.2) is 0 Å². The van der Waals surface area contributed by atoms with Gasteiger partial charge in [0, 0.05) is 35.0 Å². The van der Waals surface area contributed by atoms with E-state index in [-0.39, 0.29) is 11.9 Å². The molecule has 3 atom stereocenters. The number of nitrogens with zero attached hydrogens (tertiary/aromatic N) is 3. The highest BCUT2D eigenvalue weighted by molar-refractivity contribution is 8.00. The normalized spacial score (nSPS) is 22.1. The number of amides is 1. The van der Waals surface area contributed by atoms with Gasteiger partial charge in [-0.15, -0.1) is 0 Å². The molecule has 1 amide bonds. The van der Waals surface area contributed by atoms with E-state index in [1.807, 2.05) is 19.1 Å². The second-order valence-corrected chi connectivity index (χ2v) is 9.24. The Morgan fingerprint density at radius 1 is 1.52 bits per heavy atom. The number of thioether (sulfide) groups is 1. The van der Waals surface area contributed by atoms with Crippen LogP contribution in [0, 0.1) is 18.3 Å². The molecule has 33 heavy (non-hydrogen) atoms. The average molecular weight is 472 g/mol. The summed E-state index contributed by atoms with van der Waals surface area (Å²) >= 11 is 1.67. The quantitative estimate of drug-likeness (QED) is 0.556. The van der Waals surface area contributed by atoms with Crippen molar-refractivity contribution in [1.82, 2.24) is 15.2 Å². The Balaban J connectivity index is 1.39. The van der Waals surface area contributed by atoms with Crippen molar-refractivity contribution in [3.05, 3.63) is 59.4 Å². The van der Waals surface area contributed by atoms with E-state index in [1.165, 1.54) is 11.8 Å². The number of nitrogens with one attached hydrogen (secondary N) is 2. The molecule has 3 N–H and O–H groups in total. The van der Waals surface area contributed by atoms with E-state index in [4.69, 9.17) is 5.26 Å². The maximum atomic E-state index is 13.6. The van der Waals surface area contributed by atoms with E-state index >= 15 is 0 Å². The minimum absolute atomic E-state index is 0.0151. The molecule has 3 heterocycles. The summed E-state index contributed by atoms with van der Waals surface area (Å²) in [4.78, 5) is 18.5. The highest BCUT2D eigenvalue weighted by atomic mass is 32.2. The van der Waals surface area contributed by atoms with Gasteiger partial charge in [-0.25, -0.2) is 8.78 Å². The number of carbonyl (C=O) groups is 1. The van der Waals surface area contributed by atoms with Crippen molar-refractivity contribution >= 4 is 29.4 Å². The summed E-state index contributed by atoms with van der Waals surface area (Å²) in [7, 11) is 0. The molecule has 0 saturated carbocycles. The number of anilines is 1. The molecule has 2 unspecified atom stereocenters. The van der Waals surface area contributed by atoms with Gasteiger partial charge in [-0.2, -0.15) is 5.26 Å². The molecule has 0 radical (unpaired) electrons. The Bertz CT molecular complexity index is 1120. The van der Waals surface area contributed by atoms with Crippen molar-refractivity contribution < 1.29 is 18.7 Å². The fourth-order valence-corrected chi connectivity index (χ4v) is 4.86. The van der Waals surface area contributed by atoms with Gasteiger partial charge in [0.25, 0.3) is 5.92 Å². The minimum Gasteiger partial charge on any atom is -0.374 e. The third-order valence-corrected chi connectivity index (χ3v) is 6.64. The largest absolute Gasteiger partial charge is 0.374 e. The number of halogens is 2. The van der Waals surface area contributed by atoms with Gasteiger partial charge >= 0.3 is 0 Å². The molecule has 1 fully saturated rings. The van der Waals surface area contributed by atoms with Gasteiger partial charge in [0.2, 0.25) is 5.91 Å². The zero-order chi connectivity index (χ0) is 23.6. The monoisotopic (exact) mass is 471 g/mol. The maximum Gasteiger partial charge on any atom is 0.268 e. The SMILES string of the molecule is Cc1ccc2c(c1)NC(/C=C/c1cnccc1C(O)NCC(=O)N1CC(F)(F)C[C@H]1C#N)S2. The van der Waals surface area contributed by atoms with Crippen LogP contribution in [-0.4, -0.2) is 51.3 Å². The maximum absolute atomic E-state index is 13.6. The Morgan fingerprint density at radius 3 is 3.12 bits per heavy atom. The zero-order valence-electron chi connectivity index (χ0n) is 17.8. The number of alkyl halides is 2. The van der Waals surface area contributed by atoms with Gasteiger partial charge < -0.3 is 15.3 Å². The van der Waals surface area contributed by atoms with E-state index in [9.17, 15) is 18.7 Å². The van der Waals surface area contributed by atoms with Crippen LogP contribution in [0.5, 0.6) is 0 Å². The van der Waals surface area contributed by atoms with Gasteiger partial charge in [0.05, 0.1) is 24.5 Å². The molecular weight excluding hydrogens is 448 g/mol. The van der Waals surface area contributed by atoms with Crippen LogP contribution in [0.3, 0.4) is 0 Å². The highest BCUT2D eigenvalue weighted by Crippen LogP contribution is 2.39. The van der Waals surface area contributed by atoms with Crippen LogP contribution in [0.2, 0.25) is 0 Å². The van der Waals surface area contributed by atoms with Crippen LogP contribution in [0.1, 0.15) is 29.3 Å². The first-order chi connectivity index (χ1) is 15.8. The summed E-state index contributed by atoms with van der Waals surface area (Å²) in [6.07, 6.45) is 5.03. The first-order valence-corrected chi connectivity index (χ1v) is 11.3. The number of pyridine rings is 1. The topological polar surface area (TPSA) is 101 Å². The van der Waals surface area contributed by atoms with E-state index in [0.717, 1.165) is 15.5 Å². The molecular formula is C23H23F2N5O2S. The predicted molar refractivity (Wildman–Crippen MR) is 121 cm³/mol. The lowest BCUT2D eigenvalue weighted by Crippen LogP contribution is -2.42. The van der Waals surface area contributed by atoms with E-state index in [0.29, 0.717) is 11.1 Å². The molecule has 10 heteroatoms. The Kier molecular flexibility index (Phi) is 6.65. The van der Waals surface area contributed by atoms with Crippen LogP contribution in [0.4, 0.5) is 14.5 Å². The first kappa shape index (κ1) is 23.2. The number of hydrogen-bond acceptors (Lipinski definition) is 7. The van der Waals surface area contributed by atoms with E-state index in [2.05, 4.69) is 33.8 Å². The summed E-state index contributed by atoms with van der Waals surface area (Å²) in [5.41, 5.74) is 3.39. The number of nitriles is 1. The molecule has 2 aliphatic heterocycles. The number of hydrogen-bond donors (Lipinski definition) is 3. The zero-order valence-corrected chi connectivity index (χ0v) is 18.6. The number of rotatable bonds is 6. The van der Waals surface area contributed by atoms with Gasteiger partial charge in [-0.05, 0) is 36.2 Å². The smallest absolute Gasteiger partial charge is 0.268 e. The molecule has 1 aromatic carbocycles. The highest BCUT2D eigenvalue weighted by Gasteiger charge is 2.47. The molecule has 172 valence electrons. The summed E-state index contributed by atoms with van der Waals surface area (Å²) < 4.78 is 27.2. The molecule has 0 aliphatic carbocycles. The number of aliphatic hydroxyl groups excluding tert-OH is 1. The molecule has 0 bridgehead atoms. The molecule has 2 aliphatic rings. The van der Waals surface area contributed by atoms with Gasteiger partial charge in [-0.3, -0.25) is 15.1 Å². The van der Waals surface area contributed by atoms with E-state index < -0.39 is 37.1 Å². The molecule has 0 spiro atoms. The van der Waals surface area contributed by atoms with Crippen LogP contribution < -0.4 is 10.6 Å².